The van der Waals surface area contributed by atoms with Crippen LogP contribution >= 0.6 is 11.6 Å². The molecule has 2 rings (SSSR count). The molecule has 8 heteroatoms. The van der Waals surface area contributed by atoms with E-state index in [-0.39, 0.29) is 5.96 Å². The van der Waals surface area contributed by atoms with Crippen molar-refractivity contribution in [1.29, 1.82) is 0 Å². The fraction of sp³-hybridized carbons (Fsp3) is 0.500. The van der Waals surface area contributed by atoms with Gasteiger partial charge < -0.3 is 10.2 Å². The van der Waals surface area contributed by atoms with E-state index in [4.69, 9.17) is 11.6 Å². The van der Waals surface area contributed by atoms with Gasteiger partial charge in [-0.2, -0.15) is 0 Å². The average molecular weight is 298 g/mol. The lowest BCUT2D eigenvalue weighted by atomic mass is 10.1. The molecule has 1 fully saturated rings. The van der Waals surface area contributed by atoms with Crippen molar-refractivity contribution >= 4 is 17.6 Å². The number of hydrogen-bond donors (Lipinski definition) is 1. The molecule has 108 valence electrons. The molecule has 1 saturated heterocycles. The molecule has 0 amide bonds. The summed E-state index contributed by atoms with van der Waals surface area (Å²) in [5, 5.41) is 16.4. The third kappa shape index (κ3) is 3.57. The molecule has 0 unspecified atom stereocenters. The first-order chi connectivity index (χ1) is 9.60. The van der Waals surface area contributed by atoms with E-state index in [1.54, 1.807) is 11.1 Å². The van der Waals surface area contributed by atoms with Crippen molar-refractivity contribution in [3.05, 3.63) is 38.7 Å². The number of nitrogens with one attached hydrogen (secondary N) is 1. The number of aryl methyl sites for hydroxylation is 1. The average Bonchev–Trinajstić information content (AvgIpc) is 2.80. The van der Waals surface area contributed by atoms with Crippen LogP contribution in [0.1, 0.15) is 24.5 Å². The van der Waals surface area contributed by atoms with E-state index in [0.29, 0.717) is 24.8 Å². The van der Waals surface area contributed by atoms with Crippen LogP contribution in [0.3, 0.4) is 0 Å². The highest BCUT2D eigenvalue weighted by Crippen LogP contribution is 2.18. The van der Waals surface area contributed by atoms with Crippen LogP contribution in [-0.4, -0.2) is 34.0 Å². The molecule has 20 heavy (non-hydrogen) atoms. The number of aromatic nitrogens is 1. The lowest BCUT2D eigenvalue weighted by Crippen LogP contribution is -2.30. The predicted molar refractivity (Wildman–Crippen MR) is 76.1 cm³/mol. The molecule has 0 aromatic carbocycles. The SMILES string of the molecule is CCCc1cnc(Cl)c(CN2CCN/C2=N\[N+](=O)[O-])c1. The van der Waals surface area contributed by atoms with Gasteiger partial charge in [0.15, 0.2) is 5.03 Å². The van der Waals surface area contributed by atoms with Gasteiger partial charge in [-0.1, -0.05) is 24.9 Å². The number of nitro groups is 1. The van der Waals surface area contributed by atoms with Gasteiger partial charge in [-0.3, -0.25) is 0 Å². The first-order valence-electron chi connectivity index (χ1n) is 6.45. The van der Waals surface area contributed by atoms with Crippen LogP contribution in [0.4, 0.5) is 0 Å². The fourth-order valence-corrected chi connectivity index (χ4v) is 2.30. The second-order valence-electron chi connectivity index (χ2n) is 4.55. The standard InChI is InChI=1S/C12H16ClN5O2/c1-2-3-9-6-10(11(13)15-7-9)8-17-5-4-14-12(17)16-18(19)20/h6-7H,2-5,8H2,1H3,(H,14,16). The Balaban J connectivity index is 2.16. The Bertz CT molecular complexity index is 535. The molecule has 0 atom stereocenters. The Morgan fingerprint density at radius 1 is 1.65 bits per heavy atom. The monoisotopic (exact) mass is 297 g/mol. The van der Waals surface area contributed by atoms with Crippen LogP contribution in [-0.2, 0) is 13.0 Å². The molecule has 0 radical (unpaired) electrons. The third-order valence-corrected chi connectivity index (χ3v) is 3.35. The van der Waals surface area contributed by atoms with E-state index in [9.17, 15) is 10.1 Å². The Labute approximate surface area is 121 Å². The van der Waals surface area contributed by atoms with E-state index in [1.807, 2.05) is 6.07 Å². The van der Waals surface area contributed by atoms with E-state index >= 15 is 0 Å². The molecule has 7 nitrogen and oxygen atoms in total. The van der Waals surface area contributed by atoms with Gasteiger partial charge >= 0.3 is 0 Å². The number of nitrogens with zero attached hydrogens (tertiary/aromatic N) is 4. The molecule has 0 bridgehead atoms. The predicted octanol–water partition coefficient (Wildman–Crippen LogP) is 1.64. The number of rotatable bonds is 5. The smallest absolute Gasteiger partial charge is 0.271 e. The zero-order valence-corrected chi connectivity index (χ0v) is 11.9. The van der Waals surface area contributed by atoms with Crippen molar-refractivity contribution in [1.82, 2.24) is 15.2 Å². The molecule has 0 saturated carbocycles. The number of halogens is 1. The summed E-state index contributed by atoms with van der Waals surface area (Å²) in [5.41, 5.74) is 1.98. The summed E-state index contributed by atoms with van der Waals surface area (Å²) in [6.07, 6.45) is 3.73. The van der Waals surface area contributed by atoms with Gasteiger partial charge in [0.05, 0.1) is 0 Å². The van der Waals surface area contributed by atoms with Crippen LogP contribution < -0.4 is 5.32 Å². The van der Waals surface area contributed by atoms with Crippen LogP contribution in [0.2, 0.25) is 5.15 Å². The van der Waals surface area contributed by atoms with E-state index < -0.39 is 5.03 Å². The maximum absolute atomic E-state index is 10.5. The second kappa shape index (κ2) is 6.51. The van der Waals surface area contributed by atoms with Gasteiger partial charge in [-0.25, -0.2) is 15.1 Å². The summed E-state index contributed by atoms with van der Waals surface area (Å²) in [5.74, 6) is 0.270. The number of pyridine rings is 1. The van der Waals surface area contributed by atoms with Gasteiger partial charge in [0.25, 0.3) is 5.96 Å². The minimum Gasteiger partial charge on any atom is -0.349 e. The molecule has 1 aromatic heterocycles. The van der Waals surface area contributed by atoms with Crippen molar-refractivity contribution in [2.24, 2.45) is 5.10 Å². The van der Waals surface area contributed by atoms with Crippen molar-refractivity contribution in [2.45, 2.75) is 26.3 Å². The summed E-state index contributed by atoms with van der Waals surface area (Å²) in [6.45, 7) is 3.84. The van der Waals surface area contributed by atoms with Gasteiger partial charge in [0.1, 0.15) is 10.3 Å². The first-order valence-corrected chi connectivity index (χ1v) is 6.83. The normalized spacial score (nSPS) is 16.5. The Kier molecular flexibility index (Phi) is 4.73. The summed E-state index contributed by atoms with van der Waals surface area (Å²) >= 11 is 6.10. The molecule has 0 aliphatic carbocycles. The van der Waals surface area contributed by atoms with Crippen LogP contribution in [0.25, 0.3) is 0 Å². The molecular weight excluding hydrogens is 282 g/mol. The van der Waals surface area contributed by atoms with Crippen LogP contribution in [0, 0.1) is 10.1 Å². The molecule has 2 heterocycles. The summed E-state index contributed by atoms with van der Waals surface area (Å²) in [7, 11) is 0. The third-order valence-electron chi connectivity index (χ3n) is 3.01. The Hall–Kier alpha value is -1.89. The van der Waals surface area contributed by atoms with Gasteiger partial charge in [0, 0.05) is 31.4 Å². The maximum atomic E-state index is 10.5. The summed E-state index contributed by atoms with van der Waals surface area (Å²) in [6, 6.07) is 2.00. The van der Waals surface area contributed by atoms with E-state index in [2.05, 4.69) is 22.3 Å². The maximum Gasteiger partial charge on any atom is 0.271 e. The van der Waals surface area contributed by atoms with E-state index in [0.717, 1.165) is 24.0 Å². The minimum absolute atomic E-state index is 0.270. The van der Waals surface area contributed by atoms with Gasteiger partial charge in [-0.15, -0.1) is 0 Å². The summed E-state index contributed by atoms with van der Waals surface area (Å²) < 4.78 is 0. The lowest BCUT2D eigenvalue weighted by molar-refractivity contribution is -0.485. The van der Waals surface area contributed by atoms with Crippen molar-refractivity contribution in [3.8, 4) is 0 Å². The minimum atomic E-state index is -0.700. The Morgan fingerprint density at radius 2 is 2.45 bits per heavy atom. The van der Waals surface area contributed by atoms with Crippen molar-refractivity contribution < 1.29 is 5.03 Å². The number of hydrogen-bond acceptors (Lipinski definition) is 3. The second-order valence-corrected chi connectivity index (χ2v) is 4.91. The topological polar surface area (TPSA) is 83.7 Å². The largest absolute Gasteiger partial charge is 0.349 e. The van der Waals surface area contributed by atoms with Crippen LogP contribution in [0.5, 0.6) is 0 Å². The highest BCUT2D eigenvalue weighted by molar-refractivity contribution is 6.30. The van der Waals surface area contributed by atoms with Crippen molar-refractivity contribution in [3.63, 3.8) is 0 Å². The van der Waals surface area contributed by atoms with Gasteiger partial charge in [0.2, 0.25) is 0 Å². The zero-order valence-electron chi connectivity index (χ0n) is 11.2. The fourth-order valence-electron chi connectivity index (χ4n) is 2.14. The molecule has 1 aliphatic heterocycles. The van der Waals surface area contributed by atoms with E-state index in [1.165, 1.54) is 0 Å². The highest BCUT2D eigenvalue weighted by Gasteiger charge is 2.22. The molecule has 1 aromatic rings. The molecule has 1 N–H and O–H groups in total. The quantitative estimate of drug-likeness (QED) is 0.507. The zero-order chi connectivity index (χ0) is 14.5. The molecular formula is C12H16ClN5O2. The molecule has 0 spiro atoms. The molecule has 1 aliphatic rings. The van der Waals surface area contributed by atoms with Crippen molar-refractivity contribution in [2.75, 3.05) is 13.1 Å². The summed E-state index contributed by atoms with van der Waals surface area (Å²) in [4.78, 5) is 16.4. The Morgan fingerprint density at radius 3 is 3.15 bits per heavy atom. The lowest BCUT2D eigenvalue weighted by Gasteiger charge is -2.16. The highest BCUT2D eigenvalue weighted by atomic mass is 35.5. The first kappa shape index (κ1) is 14.5. The van der Waals surface area contributed by atoms with Crippen LogP contribution in [0.15, 0.2) is 17.4 Å². The van der Waals surface area contributed by atoms with Gasteiger partial charge in [-0.05, 0) is 18.1 Å². The number of guanidine groups is 1. The number of hydrazone groups is 1.